The number of carbonyl (C=O) groups is 1. The third-order valence-electron chi connectivity index (χ3n) is 3.08. The lowest BCUT2D eigenvalue weighted by Crippen LogP contribution is -2.23. The van der Waals surface area contributed by atoms with E-state index in [0.717, 1.165) is 5.69 Å². The van der Waals surface area contributed by atoms with Gasteiger partial charge in [0.2, 0.25) is 0 Å². The molecule has 17 heavy (non-hydrogen) atoms. The van der Waals surface area contributed by atoms with Crippen molar-refractivity contribution in [2.45, 2.75) is 13.5 Å². The fourth-order valence-corrected chi connectivity index (χ4v) is 2.17. The summed E-state index contributed by atoms with van der Waals surface area (Å²) >= 11 is 0. The molecule has 0 aliphatic heterocycles. The molecule has 0 radical (unpaired) electrons. The van der Waals surface area contributed by atoms with Crippen LogP contribution in [-0.2, 0) is 18.4 Å². The van der Waals surface area contributed by atoms with E-state index in [1.165, 1.54) is 16.5 Å². The molecule has 0 unspecified atom stereocenters. The minimum atomic E-state index is -0.832. The van der Waals surface area contributed by atoms with Crippen LogP contribution in [0.3, 0.4) is 0 Å². The standard InChI is InChI=1S/C13H16N2O2/c1-9-10-5-3-4-6-11(10)15(2)12(9)7-14-8-13(16)17/h3-6,14H,7-8H2,1-2H3,(H,16,17). The SMILES string of the molecule is Cc1c(CNCC(=O)O)n(C)c2ccccc12. The van der Waals surface area contributed by atoms with E-state index in [1.807, 2.05) is 19.2 Å². The van der Waals surface area contributed by atoms with Crippen LogP contribution < -0.4 is 5.32 Å². The van der Waals surface area contributed by atoms with Crippen molar-refractivity contribution in [3.63, 3.8) is 0 Å². The van der Waals surface area contributed by atoms with Gasteiger partial charge in [0.15, 0.2) is 0 Å². The molecule has 0 aliphatic carbocycles. The highest BCUT2D eigenvalue weighted by Gasteiger charge is 2.10. The molecule has 0 aliphatic rings. The number of carboxylic acid groups (broad SMARTS) is 1. The number of hydrogen-bond acceptors (Lipinski definition) is 2. The first-order chi connectivity index (χ1) is 8.11. The zero-order chi connectivity index (χ0) is 12.4. The molecular formula is C13H16N2O2. The van der Waals surface area contributed by atoms with Crippen LogP contribution in [0.5, 0.6) is 0 Å². The Balaban J connectivity index is 2.31. The van der Waals surface area contributed by atoms with Crippen molar-refractivity contribution in [2.75, 3.05) is 6.54 Å². The second-order valence-corrected chi connectivity index (χ2v) is 4.15. The summed E-state index contributed by atoms with van der Waals surface area (Å²) in [5, 5.41) is 12.7. The van der Waals surface area contributed by atoms with Gasteiger partial charge in [-0.05, 0) is 18.6 Å². The fraction of sp³-hybridized carbons (Fsp3) is 0.308. The highest BCUT2D eigenvalue weighted by Crippen LogP contribution is 2.23. The number of nitrogens with one attached hydrogen (secondary N) is 1. The van der Waals surface area contributed by atoms with Crippen molar-refractivity contribution in [3.8, 4) is 0 Å². The smallest absolute Gasteiger partial charge is 0.317 e. The number of nitrogens with zero attached hydrogens (tertiary/aromatic N) is 1. The first kappa shape index (κ1) is 11.7. The molecule has 1 heterocycles. The molecule has 0 atom stereocenters. The van der Waals surface area contributed by atoms with Crippen LogP contribution in [-0.4, -0.2) is 22.2 Å². The molecule has 0 bridgehead atoms. The first-order valence-corrected chi connectivity index (χ1v) is 5.56. The lowest BCUT2D eigenvalue weighted by molar-refractivity contribution is -0.136. The molecule has 1 aromatic carbocycles. The Labute approximate surface area is 99.9 Å². The Morgan fingerprint density at radius 1 is 1.41 bits per heavy atom. The number of aliphatic carboxylic acids is 1. The van der Waals surface area contributed by atoms with Crippen LogP contribution >= 0.6 is 0 Å². The van der Waals surface area contributed by atoms with Gasteiger partial charge in [-0.3, -0.25) is 4.79 Å². The van der Waals surface area contributed by atoms with Gasteiger partial charge < -0.3 is 15.0 Å². The molecular weight excluding hydrogens is 216 g/mol. The van der Waals surface area contributed by atoms with Crippen LogP contribution in [0.15, 0.2) is 24.3 Å². The zero-order valence-corrected chi connectivity index (χ0v) is 10.0. The number of fused-ring (bicyclic) bond motifs is 1. The Kier molecular flexibility index (Phi) is 3.15. The third kappa shape index (κ3) is 2.17. The largest absolute Gasteiger partial charge is 0.480 e. The topological polar surface area (TPSA) is 54.3 Å². The van der Waals surface area contributed by atoms with E-state index in [2.05, 4.69) is 28.9 Å². The summed E-state index contributed by atoms with van der Waals surface area (Å²) in [5.74, 6) is -0.832. The molecule has 4 nitrogen and oxygen atoms in total. The molecule has 1 aromatic heterocycles. The zero-order valence-electron chi connectivity index (χ0n) is 10.0. The predicted octanol–water partition coefficient (Wildman–Crippen LogP) is 1.66. The van der Waals surface area contributed by atoms with Gasteiger partial charge >= 0.3 is 5.97 Å². The monoisotopic (exact) mass is 232 g/mol. The molecule has 2 rings (SSSR count). The number of benzene rings is 1. The summed E-state index contributed by atoms with van der Waals surface area (Å²) in [6, 6.07) is 8.19. The van der Waals surface area contributed by atoms with Crippen molar-refractivity contribution < 1.29 is 9.90 Å². The summed E-state index contributed by atoms with van der Waals surface area (Å²) in [4.78, 5) is 10.5. The van der Waals surface area contributed by atoms with Crippen molar-refractivity contribution in [3.05, 3.63) is 35.5 Å². The highest BCUT2D eigenvalue weighted by molar-refractivity contribution is 5.85. The van der Waals surface area contributed by atoms with Gasteiger partial charge in [-0.15, -0.1) is 0 Å². The summed E-state index contributed by atoms with van der Waals surface area (Å²) in [7, 11) is 2.01. The van der Waals surface area contributed by atoms with E-state index in [1.54, 1.807) is 0 Å². The van der Waals surface area contributed by atoms with E-state index in [9.17, 15) is 4.79 Å². The van der Waals surface area contributed by atoms with Crippen molar-refractivity contribution in [2.24, 2.45) is 7.05 Å². The van der Waals surface area contributed by atoms with Crippen LogP contribution in [0.2, 0.25) is 0 Å². The normalized spacial score (nSPS) is 10.9. The lowest BCUT2D eigenvalue weighted by atomic mass is 10.1. The number of para-hydroxylation sites is 1. The molecule has 0 fully saturated rings. The second-order valence-electron chi connectivity index (χ2n) is 4.15. The van der Waals surface area contributed by atoms with E-state index in [4.69, 9.17) is 5.11 Å². The molecule has 2 aromatic rings. The van der Waals surface area contributed by atoms with Gasteiger partial charge in [0, 0.05) is 30.2 Å². The van der Waals surface area contributed by atoms with Crippen LogP contribution in [0.4, 0.5) is 0 Å². The quantitative estimate of drug-likeness (QED) is 0.843. The summed E-state index contributed by atoms with van der Waals surface area (Å²) in [6.07, 6.45) is 0. The first-order valence-electron chi connectivity index (χ1n) is 5.56. The van der Waals surface area contributed by atoms with E-state index < -0.39 is 5.97 Å². The molecule has 0 amide bonds. The molecule has 0 saturated heterocycles. The maximum absolute atomic E-state index is 10.5. The van der Waals surface area contributed by atoms with Crippen LogP contribution in [0.25, 0.3) is 10.9 Å². The minimum Gasteiger partial charge on any atom is -0.480 e. The number of aryl methyl sites for hydroxylation is 2. The highest BCUT2D eigenvalue weighted by atomic mass is 16.4. The predicted molar refractivity (Wildman–Crippen MR) is 67.0 cm³/mol. The average Bonchev–Trinajstić information content (AvgIpc) is 2.54. The van der Waals surface area contributed by atoms with Crippen molar-refractivity contribution >= 4 is 16.9 Å². The van der Waals surface area contributed by atoms with Crippen LogP contribution in [0, 0.1) is 6.92 Å². The second kappa shape index (κ2) is 4.59. The van der Waals surface area contributed by atoms with E-state index in [0.29, 0.717) is 6.54 Å². The fourth-order valence-electron chi connectivity index (χ4n) is 2.17. The molecule has 90 valence electrons. The minimum absolute atomic E-state index is 0.0129. The molecule has 0 saturated carbocycles. The number of rotatable bonds is 4. The average molecular weight is 232 g/mol. The number of aromatic nitrogens is 1. The van der Waals surface area contributed by atoms with Gasteiger partial charge in [0.1, 0.15) is 0 Å². The number of carboxylic acids is 1. The van der Waals surface area contributed by atoms with Gasteiger partial charge in [-0.1, -0.05) is 18.2 Å². The Morgan fingerprint density at radius 3 is 2.76 bits per heavy atom. The summed E-state index contributed by atoms with van der Waals surface area (Å²) in [6.45, 7) is 2.63. The number of hydrogen-bond donors (Lipinski definition) is 2. The summed E-state index contributed by atoms with van der Waals surface area (Å²) < 4.78 is 2.11. The van der Waals surface area contributed by atoms with E-state index in [-0.39, 0.29) is 6.54 Å². The van der Waals surface area contributed by atoms with Crippen molar-refractivity contribution in [1.82, 2.24) is 9.88 Å². The third-order valence-corrected chi connectivity index (χ3v) is 3.08. The molecule has 2 N–H and O–H groups in total. The van der Waals surface area contributed by atoms with Crippen molar-refractivity contribution in [1.29, 1.82) is 0 Å². The Bertz CT molecular complexity index is 519. The van der Waals surface area contributed by atoms with Gasteiger partial charge in [0.25, 0.3) is 0 Å². The lowest BCUT2D eigenvalue weighted by Gasteiger charge is -2.06. The van der Waals surface area contributed by atoms with Gasteiger partial charge in [-0.2, -0.15) is 0 Å². The van der Waals surface area contributed by atoms with Crippen LogP contribution in [0.1, 0.15) is 11.3 Å². The maximum atomic E-state index is 10.5. The molecule has 0 spiro atoms. The van der Waals surface area contributed by atoms with Gasteiger partial charge in [0.05, 0.1) is 6.54 Å². The Morgan fingerprint density at radius 2 is 2.12 bits per heavy atom. The Hall–Kier alpha value is -1.81. The van der Waals surface area contributed by atoms with Gasteiger partial charge in [-0.25, -0.2) is 0 Å². The summed E-state index contributed by atoms with van der Waals surface area (Å²) in [5.41, 5.74) is 3.52. The van der Waals surface area contributed by atoms with E-state index >= 15 is 0 Å². The molecule has 4 heteroatoms. The maximum Gasteiger partial charge on any atom is 0.317 e.